The van der Waals surface area contributed by atoms with Crippen molar-refractivity contribution >= 4 is 11.1 Å². The Morgan fingerprint density at radius 2 is 1.15 bits per heavy atom. The predicted molar refractivity (Wildman–Crippen MR) is 139 cm³/mol. The molecule has 2 N–H and O–H groups in total. The maximum atomic E-state index is 10.0. The molecule has 0 amide bonds. The van der Waals surface area contributed by atoms with E-state index in [9.17, 15) is 10.2 Å². The van der Waals surface area contributed by atoms with Crippen LogP contribution in [0.2, 0.25) is 0 Å². The fourth-order valence-electron chi connectivity index (χ4n) is 6.01. The fourth-order valence-corrected chi connectivity index (χ4v) is 6.01. The smallest absolute Gasteiger partial charge is 0.118 e. The van der Waals surface area contributed by atoms with Crippen molar-refractivity contribution in [1.29, 1.82) is 0 Å². The molecule has 0 fully saturated rings. The lowest BCUT2D eigenvalue weighted by atomic mass is 9.61. The summed E-state index contributed by atoms with van der Waals surface area (Å²) in [6.45, 7) is 9.18. The van der Waals surface area contributed by atoms with Gasteiger partial charge in [-0.1, -0.05) is 52.0 Å². The molecule has 4 rings (SSSR count). The molecule has 0 saturated heterocycles. The zero-order chi connectivity index (χ0) is 23.6. The second-order valence-corrected chi connectivity index (χ2v) is 10.6. The van der Waals surface area contributed by atoms with Crippen LogP contribution in [0, 0.1) is 17.3 Å². The Hall–Kier alpha value is -2.48. The van der Waals surface area contributed by atoms with Gasteiger partial charge in [0.25, 0.3) is 0 Å². The Morgan fingerprint density at radius 1 is 0.727 bits per heavy atom. The monoisotopic (exact) mass is 444 g/mol. The molecule has 2 heteroatoms. The van der Waals surface area contributed by atoms with Gasteiger partial charge < -0.3 is 10.2 Å². The summed E-state index contributed by atoms with van der Waals surface area (Å²) < 4.78 is 0. The molecule has 2 aliphatic rings. The zero-order valence-electron chi connectivity index (χ0n) is 20.8. The van der Waals surface area contributed by atoms with Crippen LogP contribution in [0.25, 0.3) is 11.1 Å². The van der Waals surface area contributed by atoms with Gasteiger partial charge in [-0.3, -0.25) is 0 Å². The minimum atomic E-state index is 0.317. The van der Waals surface area contributed by atoms with Crippen LogP contribution in [0.15, 0.2) is 48.6 Å². The summed E-state index contributed by atoms with van der Waals surface area (Å²) in [6.07, 6.45) is 13.7. The van der Waals surface area contributed by atoms with Crippen LogP contribution in [-0.4, -0.2) is 10.2 Å². The minimum Gasteiger partial charge on any atom is -0.508 e. The van der Waals surface area contributed by atoms with Crippen LogP contribution in [-0.2, 0) is 12.8 Å². The van der Waals surface area contributed by atoms with Gasteiger partial charge in [-0.05, 0) is 126 Å². The van der Waals surface area contributed by atoms with Crippen LogP contribution < -0.4 is 0 Å². The summed E-state index contributed by atoms with van der Waals surface area (Å²) in [5, 5.41) is 20.0. The van der Waals surface area contributed by atoms with E-state index in [0.29, 0.717) is 28.7 Å². The Bertz CT molecular complexity index is 973. The van der Waals surface area contributed by atoms with Crippen molar-refractivity contribution in [3.05, 3.63) is 70.8 Å². The van der Waals surface area contributed by atoms with Crippen molar-refractivity contribution < 1.29 is 10.2 Å². The second-order valence-electron chi connectivity index (χ2n) is 10.6. The zero-order valence-corrected chi connectivity index (χ0v) is 20.8. The molecular formula is C31H40O2. The van der Waals surface area contributed by atoms with Gasteiger partial charge in [0.15, 0.2) is 0 Å². The van der Waals surface area contributed by atoms with Crippen molar-refractivity contribution in [3.8, 4) is 11.5 Å². The lowest BCUT2D eigenvalue weighted by Crippen LogP contribution is -2.34. The van der Waals surface area contributed by atoms with Crippen molar-refractivity contribution in [3.63, 3.8) is 0 Å². The first kappa shape index (κ1) is 23.7. The first-order valence-electron chi connectivity index (χ1n) is 12.9. The Balaban J connectivity index is 1.43. The van der Waals surface area contributed by atoms with Crippen LogP contribution in [0.4, 0.5) is 0 Å². The third kappa shape index (κ3) is 4.90. The highest BCUT2D eigenvalue weighted by atomic mass is 16.3. The van der Waals surface area contributed by atoms with E-state index in [-0.39, 0.29) is 0 Å². The molecule has 176 valence electrons. The summed E-state index contributed by atoms with van der Waals surface area (Å²) >= 11 is 0. The summed E-state index contributed by atoms with van der Waals surface area (Å²) in [5.41, 5.74) is 7.86. The van der Waals surface area contributed by atoms with Gasteiger partial charge in [0, 0.05) is 0 Å². The first-order chi connectivity index (χ1) is 15.8. The highest BCUT2D eigenvalue weighted by Gasteiger charge is 2.38. The molecule has 2 aromatic rings. The summed E-state index contributed by atoms with van der Waals surface area (Å²) in [5.74, 6) is 2.26. The van der Waals surface area contributed by atoms with E-state index in [4.69, 9.17) is 0 Å². The van der Waals surface area contributed by atoms with Gasteiger partial charge in [-0.2, -0.15) is 0 Å². The Kier molecular flexibility index (Phi) is 7.02. The molecule has 2 aromatic carbocycles. The maximum absolute atomic E-state index is 10.0. The molecule has 0 spiro atoms. The number of aromatic hydroxyl groups is 2. The van der Waals surface area contributed by atoms with E-state index in [1.54, 1.807) is 0 Å². The fraction of sp³-hybridized carbons (Fsp3) is 0.484. The molecule has 33 heavy (non-hydrogen) atoms. The van der Waals surface area contributed by atoms with Crippen LogP contribution in [0.1, 0.15) is 88.5 Å². The quantitative estimate of drug-likeness (QED) is 0.470. The van der Waals surface area contributed by atoms with Crippen molar-refractivity contribution in [2.75, 3.05) is 0 Å². The SMILES string of the molecule is CCc1cc(C2=CCC(C(C)(C)C3CC=C(c4ccc(O)c(CC)c4)CC3)CC2)ccc1O. The van der Waals surface area contributed by atoms with E-state index in [0.717, 1.165) is 49.7 Å². The van der Waals surface area contributed by atoms with Gasteiger partial charge in [-0.25, -0.2) is 0 Å². The number of hydrogen-bond acceptors (Lipinski definition) is 2. The highest BCUT2D eigenvalue weighted by molar-refractivity contribution is 5.68. The van der Waals surface area contributed by atoms with Gasteiger partial charge in [-0.15, -0.1) is 0 Å². The van der Waals surface area contributed by atoms with Gasteiger partial charge in [0.2, 0.25) is 0 Å². The average molecular weight is 445 g/mol. The van der Waals surface area contributed by atoms with Gasteiger partial charge in [0.05, 0.1) is 0 Å². The number of benzene rings is 2. The summed E-state index contributed by atoms with van der Waals surface area (Å²) in [7, 11) is 0. The molecular weight excluding hydrogens is 404 g/mol. The van der Waals surface area contributed by atoms with Crippen LogP contribution >= 0.6 is 0 Å². The summed E-state index contributed by atoms with van der Waals surface area (Å²) in [6, 6.07) is 12.2. The highest BCUT2D eigenvalue weighted by Crippen LogP contribution is 2.49. The molecule has 0 aliphatic heterocycles. The first-order valence-corrected chi connectivity index (χ1v) is 12.9. The second kappa shape index (κ2) is 9.79. The van der Waals surface area contributed by atoms with E-state index in [1.807, 2.05) is 12.1 Å². The molecule has 2 aliphatic carbocycles. The predicted octanol–water partition coefficient (Wildman–Crippen LogP) is 8.32. The van der Waals surface area contributed by atoms with E-state index >= 15 is 0 Å². The van der Waals surface area contributed by atoms with E-state index < -0.39 is 0 Å². The lowest BCUT2D eigenvalue weighted by molar-refractivity contribution is 0.0991. The Labute approximate surface area is 200 Å². The van der Waals surface area contributed by atoms with Crippen LogP contribution in [0.3, 0.4) is 0 Å². The van der Waals surface area contributed by atoms with Gasteiger partial charge >= 0.3 is 0 Å². The van der Waals surface area contributed by atoms with E-state index in [1.165, 1.54) is 35.1 Å². The topological polar surface area (TPSA) is 40.5 Å². The number of phenolic OH excluding ortho intramolecular Hbond substituents is 2. The van der Waals surface area contributed by atoms with E-state index in [2.05, 4.69) is 64.1 Å². The number of phenols is 2. The van der Waals surface area contributed by atoms with Crippen molar-refractivity contribution in [2.24, 2.45) is 17.3 Å². The third-order valence-electron chi connectivity index (χ3n) is 8.59. The van der Waals surface area contributed by atoms with Crippen molar-refractivity contribution in [2.45, 2.75) is 79.1 Å². The molecule has 0 aromatic heterocycles. The third-order valence-corrected chi connectivity index (χ3v) is 8.59. The number of allylic oxidation sites excluding steroid dienone is 4. The van der Waals surface area contributed by atoms with Crippen LogP contribution in [0.5, 0.6) is 11.5 Å². The number of rotatable bonds is 6. The number of hydrogen-bond donors (Lipinski definition) is 2. The standard InChI is InChI=1S/C31H40O2/c1-5-21-19-25(11-17-29(21)32)23-7-13-27(14-8-23)31(3,4)28-15-9-24(10-16-28)26-12-18-30(33)22(6-2)20-26/h7,9,11-12,17-20,27-28,32-33H,5-6,8,10,13-16H2,1-4H3. The number of aryl methyl sites for hydroxylation is 2. The molecule has 0 saturated carbocycles. The Morgan fingerprint density at radius 3 is 1.48 bits per heavy atom. The average Bonchev–Trinajstić information content (AvgIpc) is 2.85. The minimum absolute atomic E-state index is 0.317. The molecule has 0 heterocycles. The lowest BCUT2D eigenvalue weighted by Gasteiger charge is -2.44. The largest absolute Gasteiger partial charge is 0.508 e. The molecule has 0 bridgehead atoms. The molecule has 0 radical (unpaired) electrons. The normalized spacial score (nSPS) is 21.5. The molecule has 2 nitrogen and oxygen atoms in total. The van der Waals surface area contributed by atoms with Gasteiger partial charge in [0.1, 0.15) is 11.5 Å². The molecule has 2 unspecified atom stereocenters. The van der Waals surface area contributed by atoms with Crippen molar-refractivity contribution in [1.82, 2.24) is 0 Å². The molecule has 2 atom stereocenters. The summed E-state index contributed by atoms with van der Waals surface area (Å²) in [4.78, 5) is 0. The maximum Gasteiger partial charge on any atom is 0.118 e.